The molecule has 0 unspecified atom stereocenters. The molecule has 0 saturated heterocycles. The maximum atomic E-state index is 11.9. The number of hydrogen-bond acceptors (Lipinski definition) is 10. The molecule has 90 heavy (non-hydrogen) atoms. The summed E-state index contributed by atoms with van der Waals surface area (Å²) in [5.74, 6) is 5.92. The molecule has 0 N–H and O–H groups in total. The molecule has 0 aromatic heterocycles. The van der Waals surface area contributed by atoms with Gasteiger partial charge in [-0.1, -0.05) is 146 Å². The van der Waals surface area contributed by atoms with Crippen molar-refractivity contribution in [2.45, 2.75) is 0 Å². The van der Waals surface area contributed by atoms with Crippen LogP contribution in [-0.4, -0.2) is 0 Å². The number of hydrogen-bond donors (Lipinski definition) is 0. The molecule has 0 saturated carbocycles. The second-order valence-electron chi connectivity index (χ2n) is 22.2. The van der Waals surface area contributed by atoms with E-state index in [1.54, 1.807) is 0 Å². The first kappa shape index (κ1) is 51.6. The van der Waals surface area contributed by atoms with E-state index in [2.05, 4.69) is 177 Å². The number of ether oxygens (including phenoxy) is 4. The Morgan fingerprint density at radius 2 is 0.367 bits per heavy atom. The van der Waals surface area contributed by atoms with E-state index >= 15 is 0 Å². The van der Waals surface area contributed by atoms with Gasteiger partial charge in [0.2, 0.25) is 0 Å². The van der Waals surface area contributed by atoms with Gasteiger partial charge >= 0.3 is 0 Å². The molecule has 0 spiro atoms. The molecule has 17 rings (SSSR count). The van der Waals surface area contributed by atoms with Crippen molar-refractivity contribution in [3.63, 3.8) is 0 Å². The second kappa shape index (κ2) is 21.0. The third kappa shape index (κ3) is 8.32. The van der Waals surface area contributed by atoms with Crippen LogP contribution in [0.3, 0.4) is 0 Å². The molecular weight excluding hydrogens is 1110 g/mol. The van der Waals surface area contributed by atoms with Crippen molar-refractivity contribution < 1.29 is 18.9 Å². The van der Waals surface area contributed by atoms with Crippen LogP contribution < -0.4 is 38.5 Å². The molecule has 0 bridgehead atoms. The van der Waals surface area contributed by atoms with Crippen LogP contribution in [0, 0.1) is 22.7 Å². The summed E-state index contributed by atoms with van der Waals surface area (Å²) < 4.78 is 25.8. The lowest BCUT2D eigenvalue weighted by Gasteiger charge is -2.33. The van der Waals surface area contributed by atoms with E-state index in [-0.39, 0.29) is 11.1 Å². The minimum absolute atomic E-state index is 0.249. The number of anilines is 12. The first-order valence-corrected chi connectivity index (χ1v) is 29.7. The monoisotopic (exact) mass is 1160 g/mol. The number of nitriles is 2. The second-order valence-corrected chi connectivity index (χ2v) is 22.2. The van der Waals surface area contributed by atoms with Crippen LogP contribution in [0.2, 0.25) is 0 Å². The van der Waals surface area contributed by atoms with E-state index in [1.807, 2.05) is 146 Å². The van der Waals surface area contributed by atoms with E-state index in [0.717, 1.165) is 148 Å². The van der Waals surface area contributed by atoms with E-state index in [1.165, 1.54) is 0 Å². The molecule has 422 valence electrons. The van der Waals surface area contributed by atoms with Crippen LogP contribution in [0.1, 0.15) is 11.1 Å². The Morgan fingerprint density at radius 1 is 0.200 bits per heavy atom. The standard InChI is InChI=1S/C80H48N6O4/c81-49-59-60(50-82)78(52-35-43-56(44-36-52)84-63-19-3-11-27-71(63)88-72-28-12-4-20-64(72)84)80(54-39-47-58(48-40-54)86-67-23-7-15-31-75(67)90-76-32-16-8-24-68(76)86)79(53-37-45-57(46-38-53)85-65-21-5-13-29-73(65)89-74-30-14-6-22-66(74)85)77(59)51-33-41-55(42-34-51)83-61-17-1-9-25-69(61)87-70-26-10-2-18-62(70)83/h1-48H. The van der Waals surface area contributed by atoms with E-state index in [4.69, 9.17) is 18.9 Å². The van der Waals surface area contributed by atoms with Crippen LogP contribution in [0.15, 0.2) is 291 Å². The van der Waals surface area contributed by atoms with Gasteiger partial charge in [0, 0.05) is 33.9 Å². The maximum Gasteiger partial charge on any atom is 0.151 e. The van der Waals surface area contributed by atoms with E-state index in [9.17, 15) is 10.5 Å². The largest absolute Gasteiger partial charge is 0.453 e. The first-order chi connectivity index (χ1) is 44.6. The predicted octanol–water partition coefficient (Wildman–Crippen LogP) is 22.4. The molecule has 10 heteroatoms. The van der Waals surface area contributed by atoms with Crippen molar-refractivity contribution in [3.05, 3.63) is 302 Å². The summed E-state index contributed by atoms with van der Waals surface area (Å²) >= 11 is 0. The van der Waals surface area contributed by atoms with Gasteiger partial charge in [-0.05, 0) is 179 Å². The Hall–Kier alpha value is -12.8. The Kier molecular flexibility index (Phi) is 12.1. The average Bonchev–Trinajstić information content (AvgIpc) is 0.776. The Balaban J connectivity index is 0.908. The maximum absolute atomic E-state index is 11.9. The minimum atomic E-state index is 0.249. The molecule has 4 aliphatic rings. The fourth-order valence-electron chi connectivity index (χ4n) is 13.2. The van der Waals surface area contributed by atoms with Crippen molar-refractivity contribution >= 4 is 68.2 Å². The highest BCUT2D eigenvalue weighted by Gasteiger charge is 2.33. The fourth-order valence-corrected chi connectivity index (χ4v) is 13.2. The van der Waals surface area contributed by atoms with Crippen molar-refractivity contribution in [1.82, 2.24) is 0 Å². The summed E-state index contributed by atoms with van der Waals surface area (Å²) in [6, 6.07) is 103. The van der Waals surface area contributed by atoms with Crippen LogP contribution in [-0.2, 0) is 0 Å². The summed E-state index contributed by atoms with van der Waals surface area (Å²) in [5, 5.41) is 23.9. The Labute approximate surface area is 519 Å². The molecule has 13 aromatic carbocycles. The van der Waals surface area contributed by atoms with Gasteiger partial charge in [0.1, 0.15) is 12.1 Å². The van der Waals surface area contributed by atoms with Crippen LogP contribution >= 0.6 is 0 Å². The number of nitrogens with zero attached hydrogens (tertiary/aromatic N) is 6. The summed E-state index contributed by atoms with van der Waals surface area (Å²) in [4.78, 5) is 8.84. The summed E-state index contributed by atoms with van der Waals surface area (Å²) in [6.07, 6.45) is 0. The number of fused-ring (bicyclic) bond motifs is 8. The van der Waals surface area contributed by atoms with Crippen molar-refractivity contribution in [3.8, 4) is 103 Å². The van der Waals surface area contributed by atoms with Gasteiger partial charge in [0.15, 0.2) is 46.0 Å². The molecule has 13 aromatic rings. The van der Waals surface area contributed by atoms with E-state index < -0.39 is 0 Å². The highest BCUT2D eigenvalue weighted by molar-refractivity contribution is 6.07. The highest BCUT2D eigenvalue weighted by Crippen LogP contribution is 2.57. The lowest BCUT2D eigenvalue weighted by Crippen LogP contribution is -2.15. The number of benzene rings is 13. The van der Waals surface area contributed by atoms with Gasteiger partial charge in [-0.15, -0.1) is 0 Å². The summed E-state index contributed by atoms with van der Waals surface area (Å²) in [6.45, 7) is 0. The lowest BCUT2D eigenvalue weighted by atomic mass is 9.77. The molecule has 0 fully saturated rings. The van der Waals surface area contributed by atoms with Gasteiger partial charge in [0.05, 0.1) is 56.6 Å². The summed E-state index contributed by atoms with van der Waals surface area (Å²) in [7, 11) is 0. The van der Waals surface area contributed by atoms with Gasteiger partial charge in [-0.3, -0.25) is 0 Å². The Bertz CT molecular complexity index is 4630. The predicted molar refractivity (Wildman–Crippen MR) is 357 cm³/mol. The zero-order valence-electron chi connectivity index (χ0n) is 48.0. The number of rotatable bonds is 8. The molecule has 0 radical (unpaired) electrons. The quantitative estimate of drug-likeness (QED) is 0.146. The zero-order chi connectivity index (χ0) is 59.8. The average molecular weight is 1160 g/mol. The van der Waals surface area contributed by atoms with Crippen LogP contribution in [0.5, 0.6) is 46.0 Å². The fraction of sp³-hybridized carbons (Fsp3) is 0. The molecule has 4 aliphatic heterocycles. The third-order valence-corrected chi connectivity index (χ3v) is 17.1. The zero-order valence-corrected chi connectivity index (χ0v) is 48.0. The van der Waals surface area contributed by atoms with Crippen LogP contribution in [0.4, 0.5) is 68.2 Å². The smallest absolute Gasteiger partial charge is 0.151 e. The van der Waals surface area contributed by atoms with Gasteiger partial charge in [-0.2, -0.15) is 10.5 Å². The van der Waals surface area contributed by atoms with Gasteiger partial charge < -0.3 is 38.5 Å². The van der Waals surface area contributed by atoms with E-state index in [0.29, 0.717) is 11.1 Å². The van der Waals surface area contributed by atoms with Crippen molar-refractivity contribution in [2.75, 3.05) is 19.6 Å². The molecule has 10 nitrogen and oxygen atoms in total. The van der Waals surface area contributed by atoms with Crippen LogP contribution in [0.25, 0.3) is 44.5 Å². The minimum Gasteiger partial charge on any atom is -0.453 e. The molecule has 4 heterocycles. The summed E-state index contributed by atoms with van der Waals surface area (Å²) in [5.41, 5.74) is 17.3. The molecule has 0 amide bonds. The molecule has 0 atom stereocenters. The number of para-hydroxylation sites is 16. The Morgan fingerprint density at radius 3 is 0.544 bits per heavy atom. The van der Waals surface area contributed by atoms with Gasteiger partial charge in [0.25, 0.3) is 0 Å². The molecular formula is C80H48N6O4. The topological polar surface area (TPSA) is 97.5 Å². The van der Waals surface area contributed by atoms with Crippen molar-refractivity contribution in [1.29, 1.82) is 10.5 Å². The highest BCUT2D eigenvalue weighted by atomic mass is 16.5. The van der Waals surface area contributed by atoms with Gasteiger partial charge in [-0.25, -0.2) is 0 Å². The molecule has 0 aliphatic carbocycles. The lowest BCUT2D eigenvalue weighted by molar-refractivity contribution is 0.477. The third-order valence-electron chi connectivity index (χ3n) is 17.1. The normalized spacial score (nSPS) is 12.7. The van der Waals surface area contributed by atoms with Crippen molar-refractivity contribution in [2.24, 2.45) is 0 Å². The SMILES string of the molecule is N#Cc1c(C#N)c(-c2ccc(N3c4ccccc4Oc4ccccc43)cc2)c(-c2ccc(N3c4ccccc4Oc4ccccc43)cc2)c(-c2ccc(N3c4ccccc4Oc4ccccc43)cc2)c1-c1ccc(N2c3ccccc3Oc3ccccc32)cc1. The first-order valence-electron chi connectivity index (χ1n) is 29.7.